The molecule has 42 heavy (non-hydrogen) atoms. The van der Waals surface area contributed by atoms with E-state index >= 15 is 0 Å². The maximum absolute atomic E-state index is 3.06. The van der Waals surface area contributed by atoms with Crippen molar-refractivity contribution in [3.05, 3.63) is 118 Å². The van der Waals surface area contributed by atoms with Gasteiger partial charge in [-0.1, -0.05) is 104 Å². The van der Waals surface area contributed by atoms with Crippen molar-refractivity contribution >= 4 is 53.2 Å². The van der Waals surface area contributed by atoms with Crippen molar-refractivity contribution in [1.29, 1.82) is 0 Å². The smallest absolute Gasteiger partial charge is 0.171 e. The fourth-order valence-corrected chi connectivity index (χ4v) is 5.01. The molecule has 0 bridgehead atoms. The number of rotatable bonds is 4. The number of hydrogen-bond donors (Lipinski definition) is 0. The Bertz CT molecular complexity index is 1340. The molecule has 226 valence electrons. The van der Waals surface area contributed by atoms with E-state index in [0.717, 1.165) is 0 Å². The maximum Gasteiger partial charge on any atom is -0.171 e. The van der Waals surface area contributed by atoms with Gasteiger partial charge in [-0.3, -0.25) is 0 Å². The number of hydrogen-bond acceptors (Lipinski definition) is 0. The predicted molar refractivity (Wildman–Crippen MR) is 190 cm³/mol. The third-order valence-corrected chi connectivity index (χ3v) is 7.23. The third-order valence-electron chi connectivity index (χ3n) is 7.23. The van der Waals surface area contributed by atoms with Gasteiger partial charge in [0.15, 0.2) is 0 Å². The first-order chi connectivity index (χ1) is 19.0. The molecule has 0 fully saturated rings. The van der Waals surface area contributed by atoms with E-state index in [2.05, 4.69) is 131 Å². The van der Waals surface area contributed by atoms with Gasteiger partial charge < -0.3 is 0 Å². The van der Waals surface area contributed by atoms with Gasteiger partial charge in [0.1, 0.15) is 0 Å². The zero-order valence-electron chi connectivity index (χ0n) is 27.1. The van der Waals surface area contributed by atoms with Crippen LogP contribution in [0.5, 0.6) is 0 Å². The Kier molecular flexibility index (Phi) is 19.1. The molecule has 0 heterocycles. The molecule has 0 aromatic heterocycles. The minimum atomic E-state index is 0. The Morgan fingerprint density at radius 2 is 0.905 bits per heavy atom. The van der Waals surface area contributed by atoms with E-state index in [1.807, 2.05) is 30.3 Å². The molecule has 5 rings (SSSR count). The van der Waals surface area contributed by atoms with Crippen molar-refractivity contribution in [2.45, 2.75) is 92.9 Å². The molecular formula is C38H49Cl2SiZr-3. The van der Waals surface area contributed by atoms with Gasteiger partial charge in [-0.05, 0) is 23.7 Å². The van der Waals surface area contributed by atoms with Crippen LogP contribution >= 0.6 is 24.8 Å². The van der Waals surface area contributed by atoms with E-state index in [4.69, 9.17) is 0 Å². The Labute approximate surface area is 285 Å². The summed E-state index contributed by atoms with van der Waals surface area (Å²) in [4.78, 5) is 0. The molecule has 0 spiro atoms. The number of benzene rings is 3. The van der Waals surface area contributed by atoms with Crippen LogP contribution in [0.25, 0.3) is 21.5 Å². The van der Waals surface area contributed by atoms with Crippen LogP contribution in [0.2, 0.25) is 0 Å². The molecule has 0 N–H and O–H groups in total. The summed E-state index contributed by atoms with van der Waals surface area (Å²) in [5, 5.41) is 5.70. The summed E-state index contributed by atoms with van der Waals surface area (Å²) < 4.78 is 0. The van der Waals surface area contributed by atoms with Gasteiger partial charge in [-0.25, -0.2) is 0 Å². The second-order valence-corrected chi connectivity index (χ2v) is 12.0. The Hall–Kier alpha value is -1.44. The van der Waals surface area contributed by atoms with Gasteiger partial charge in [0, 0.05) is 0 Å². The normalized spacial score (nSPS) is 10.3. The van der Waals surface area contributed by atoms with Crippen molar-refractivity contribution in [3.63, 3.8) is 0 Å². The number of fused-ring (bicyclic) bond motifs is 2. The minimum Gasteiger partial charge on any atom is -0.184 e. The first-order valence-electron chi connectivity index (χ1n) is 14.6. The van der Waals surface area contributed by atoms with E-state index in [-0.39, 0.29) is 24.8 Å². The molecule has 0 aliphatic rings. The van der Waals surface area contributed by atoms with Crippen LogP contribution in [-0.2, 0) is 23.3 Å². The van der Waals surface area contributed by atoms with Crippen molar-refractivity contribution in [3.8, 4) is 0 Å². The third kappa shape index (κ3) is 11.6. The quantitative estimate of drug-likeness (QED) is 0.130. The summed E-state index contributed by atoms with van der Waals surface area (Å²) in [6, 6.07) is 31.2. The summed E-state index contributed by atoms with van der Waals surface area (Å²) >= 11 is 1.36. The average molecular weight is 696 g/mol. The Balaban J connectivity index is 0.000000615. The Morgan fingerprint density at radius 1 is 0.548 bits per heavy atom. The molecule has 5 aromatic rings. The summed E-state index contributed by atoms with van der Waals surface area (Å²) in [6.07, 6.45) is 0. The standard InChI is InChI=1S/2C16H21.C6H5.2ClH.Si.Zr/c2*1-10(2)13-8-14-6-12(5)7-16(14)15(9-13)11(3)4;1-2-4-6-5-3-1;;;;/h2*6-11H,1-5H3;1-5H;2*1H;;/q3*-1;;;;. The summed E-state index contributed by atoms with van der Waals surface area (Å²) in [5.74, 6) is 2.42. The molecule has 0 aliphatic carbocycles. The van der Waals surface area contributed by atoms with Gasteiger partial charge >= 0.3 is 30.2 Å². The SMILES string of the molecule is Cc1cc2c(C(C)C)cc(C(C)C)cc2[cH-]1.Cc1cc2c(C(C)C)cc(C(C)C)cc2[cH-]1.Cl.Cl.[Si]=[Zr].[c-]1ccccc1. The van der Waals surface area contributed by atoms with E-state index in [9.17, 15) is 0 Å². The molecule has 0 saturated heterocycles. The largest absolute Gasteiger partial charge is 0.184 e. The molecule has 0 nitrogen and oxygen atoms in total. The van der Waals surface area contributed by atoms with Crippen LogP contribution in [0.4, 0.5) is 0 Å². The summed E-state index contributed by atoms with van der Waals surface area (Å²) in [6.45, 7) is 25.6. The predicted octanol–water partition coefficient (Wildman–Crippen LogP) is 12.2. The molecule has 0 amide bonds. The van der Waals surface area contributed by atoms with Crippen LogP contribution in [0.15, 0.2) is 78.9 Å². The average Bonchev–Trinajstić information content (AvgIpc) is 3.50. The van der Waals surface area contributed by atoms with Gasteiger partial charge in [0.25, 0.3) is 0 Å². The molecule has 5 aromatic carbocycles. The maximum atomic E-state index is 3.06. The Morgan fingerprint density at radius 3 is 1.14 bits per heavy atom. The van der Waals surface area contributed by atoms with Gasteiger partial charge in [0.2, 0.25) is 0 Å². The first-order valence-corrected chi connectivity index (χ1v) is 18.7. The summed E-state index contributed by atoms with van der Waals surface area (Å²) in [5.41, 5.74) is 8.66. The van der Waals surface area contributed by atoms with Crippen LogP contribution in [0, 0.1) is 19.9 Å². The van der Waals surface area contributed by atoms with Gasteiger partial charge in [-0.15, -0.1) is 81.8 Å². The van der Waals surface area contributed by atoms with Crippen molar-refractivity contribution in [1.82, 2.24) is 0 Å². The van der Waals surface area contributed by atoms with Crippen molar-refractivity contribution < 1.29 is 23.3 Å². The van der Waals surface area contributed by atoms with Crippen molar-refractivity contribution in [2.75, 3.05) is 0 Å². The molecule has 2 radical (unpaired) electrons. The molecule has 4 heteroatoms. The number of aryl methyl sites for hydroxylation is 2. The van der Waals surface area contributed by atoms with Gasteiger partial charge in [0.05, 0.1) is 0 Å². The van der Waals surface area contributed by atoms with Crippen molar-refractivity contribution in [2.24, 2.45) is 0 Å². The minimum absolute atomic E-state index is 0. The van der Waals surface area contributed by atoms with E-state index < -0.39 is 0 Å². The van der Waals surface area contributed by atoms with Crippen LogP contribution in [0.1, 0.15) is 112 Å². The molecular weight excluding hydrogens is 647 g/mol. The second kappa shape index (κ2) is 19.8. The number of halogens is 2. The van der Waals surface area contributed by atoms with E-state index in [1.54, 1.807) is 0 Å². The molecule has 0 aliphatic heterocycles. The second-order valence-electron chi connectivity index (χ2n) is 12.0. The molecule has 0 unspecified atom stereocenters. The van der Waals surface area contributed by atoms with Crippen LogP contribution in [-0.4, -0.2) is 6.88 Å². The van der Waals surface area contributed by atoms with E-state index in [0.29, 0.717) is 23.7 Å². The zero-order chi connectivity index (χ0) is 30.0. The van der Waals surface area contributed by atoms with Crippen LogP contribution in [0.3, 0.4) is 0 Å². The molecule has 0 atom stereocenters. The van der Waals surface area contributed by atoms with Gasteiger partial charge in [-0.2, -0.15) is 48.5 Å². The fraction of sp³-hybridized carbons (Fsp3) is 0.368. The molecule has 0 saturated carbocycles. The fourth-order valence-electron chi connectivity index (χ4n) is 5.01. The monoisotopic (exact) mass is 693 g/mol. The van der Waals surface area contributed by atoms with E-state index in [1.165, 1.54) is 78.3 Å². The topological polar surface area (TPSA) is 0 Å². The summed E-state index contributed by atoms with van der Waals surface area (Å²) in [7, 11) is 0. The van der Waals surface area contributed by atoms with Crippen LogP contribution < -0.4 is 0 Å². The first kappa shape index (κ1) is 40.6. The zero-order valence-corrected chi connectivity index (χ0v) is 32.2.